The number of hydrogen-bond donors (Lipinski definition) is 1. The molecule has 1 aromatic carbocycles. The molecule has 0 saturated heterocycles. The summed E-state index contributed by atoms with van der Waals surface area (Å²) in [7, 11) is 1.47. The third kappa shape index (κ3) is 2.70. The fourth-order valence-electron chi connectivity index (χ4n) is 1.81. The fraction of sp³-hybridized carbons (Fsp3) is 0.0769. The van der Waals surface area contributed by atoms with Gasteiger partial charge in [0.05, 0.1) is 12.8 Å². The molecule has 0 spiro atoms. The third-order valence-corrected chi connectivity index (χ3v) is 2.72. The van der Waals surface area contributed by atoms with E-state index >= 15 is 0 Å². The molecule has 21 heavy (non-hydrogen) atoms. The first-order valence-corrected chi connectivity index (χ1v) is 6.07. The number of aliphatic imine (C=N–C) groups is 1. The Kier molecular flexibility index (Phi) is 3.52. The normalized spacial score (nSPS) is 11.3. The van der Waals surface area contributed by atoms with Gasteiger partial charge in [0.15, 0.2) is 0 Å². The molecule has 0 aliphatic heterocycles. The number of aromatic nitrogens is 4. The molecule has 2 aromatic heterocycles. The molecule has 2 heterocycles. The van der Waals surface area contributed by atoms with E-state index in [1.807, 2.05) is 0 Å². The van der Waals surface area contributed by atoms with E-state index in [9.17, 15) is 4.39 Å². The molecule has 0 saturated carbocycles. The molecule has 3 rings (SSSR count). The monoisotopic (exact) mass is 286 g/mol. The van der Waals surface area contributed by atoms with Crippen molar-refractivity contribution in [2.24, 2.45) is 4.99 Å². The lowest BCUT2D eigenvalue weighted by molar-refractivity contribution is 0.148. The van der Waals surface area contributed by atoms with Gasteiger partial charge in [0, 0.05) is 11.8 Å². The summed E-state index contributed by atoms with van der Waals surface area (Å²) in [5.74, 6) is 0.349. The van der Waals surface area contributed by atoms with E-state index in [0.29, 0.717) is 5.78 Å². The average Bonchev–Trinajstić information content (AvgIpc) is 2.91. The maximum atomic E-state index is 13.0. The first-order valence-electron chi connectivity index (χ1n) is 6.07. The summed E-state index contributed by atoms with van der Waals surface area (Å²) in [5.41, 5.74) is 4.00. The number of fused-ring (bicyclic) bond motifs is 1. The van der Waals surface area contributed by atoms with Crippen molar-refractivity contribution in [1.29, 1.82) is 0 Å². The third-order valence-electron chi connectivity index (χ3n) is 2.72. The second-order valence-electron chi connectivity index (χ2n) is 4.04. The predicted octanol–water partition coefficient (Wildman–Crippen LogP) is 1.74. The highest BCUT2D eigenvalue weighted by atomic mass is 19.1. The minimum absolute atomic E-state index is 0.238. The average molecular weight is 286 g/mol. The molecule has 0 radical (unpaired) electrons. The maximum Gasteiger partial charge on any atom is 0.272 e. The summed E-state index contributed by atoms with van der Waals surface area (Å²) < 4.78 is 14.6. The van der Waals surface area contributed by atoms with Crippen molar-refractivity contribution in [2.45, 2.75) is 0 Å². The van der Waals surface area contributed by atoms with Gasteiger partial charge in [-0.2, -0.15) is 14.5 Å². The molecule has 0 aliphatic carbocycles. The number of hydrogen-bond acceptors (Lipinski definition) is 5. The van der Waals surface area contributed by atoms with Crippen LogP contribution in [0, 0.1) is 5.82 Å². The van der Waals surface area contributed by atoms with Crippen LogP contribution < -0.4 is 5.48 Å². The molecule has 0 aliphatic rings. The summed E-state index contributed by atoms with van der Waals surface area (Å²) in [5, 5.41) is 4.24. The van der Waals surface area contributed by atoms with Crippen LogP contribution in [-0.4, -0.2) is 33.0 Å². The smallest absolute Gasteiger partial charge is 0.272 e. The molecule has 8 heteroatoms. The molecule has 1 N–H and O–H groups in total. The highest BCUT2D eigenvalue weighted by Crippen LogP contribution is 2.20. The van der Waals surface area contributed by atoms with Crippen LogP contribution in [0.3, 0.4) is 0 Å². The number of benzene rings is 1. The van der Waals surface area contributed by atoms with Gasteiger partial charge in [0.25, 0.3) is 11.7 Å². The minimum Gasteiger partial charge on any atom is -0.279 e. The van der Waals surface area contributed by atoms with E-state index in [0.717, 1.165) is 11.3 Å². The SMILES string of the molecule is CON/C=N/c1nc2nccc(-c3ccc(F)cc3)n2n1. The molecular formula is C13H11FN6O. The number of halogens is 1. The van der Waals surface area contributed by atoms with Crippen LogP contribution in [-0.2, 0) is 4.84 Å². The van der Waals surface area contributed by atoms with Crippen molar-refractivity contribution in [3.8, 4) is 11.3 Å². The van der Waals surface area contributed by atoms with Gasteiger partial charge in [-0.25, -0.2) is 9.37 Å². The first-order chi connectivity index (χ1) is 10.3. The largest absolute Gasteiger partial charge is 0.279 e. The molecule has 0 bridgehead atoms. The highest BCUT2D eigenvalue weighted by molar-refractivity contribution is 5.62. The highest BCUT2D eigenvalue weighted by Gasteiger charge is 2.09. The second-order valence-corrected chi connectivity index (χ2v) is 4.04. The van der Waals surface area contributed by atoms with E-state index < -0.39 is 0 Å². The molecular weight excluding hydrogens is 275 g/mol. The van der Waals surface area contributed by atoms with Crippen molar-refractivity contribution in [1.82, 2.24) is 25.1 Å². The Morgan fingerprint density at radius 3 is 2.86 bits per heavy atom. The summed E-state index contributed by atoms with van der Waals surface area (Å²) >= 11 is 0. The lowest BCUT2D eigenvalue weighted by Gasteiger charge is -2.02. The number of nitrogens with one attached hydrogen (secondary N) is 1. The number of nitrogens with zero attached hydrogens (tertiary/aromatic N) is 5. The molecule has 0 amide bonds. The number of rotatable bonds is 4. The van der Waals surface area contributed by atoms with Crippen LogP contribution in [0.5, 0.6) is 0 Å². The van der Waals surface area contributed by atoms with Gasteiger partial charge in [-0.1, -0.05) is 0 Å². The van der Waals surface area contributed by atoms with Crippen molar-refractivity contribution >= 4 is 18.1 Å². The summed E-state index contributed by atoms with van der Waals surface area (Å²) in [6, 6.07) is 7.89. The second kappa shape index (κ2) is 5.63. The molecule has 0 unspecified atom stereocenters. The lowest BCUT2D eigenvalue weighted by atomic mass is 10.1. The van der Waals surface area contributed by atoms with Gasteiger partial charge in [-0.05, 0) is 30.3 Å². The van der Waals surface area contributed by atoms with Gasteiger partial charge in [-0.3, -0.25) is 10.3 Å². The number of hydroxylamine groups is 1. The van der Waals surface area contributed by atoms with Gasteiger partial charge in [-0.15, -0.1) is 5.10 Å². The minimum atomic E-state index is -0.293. The van der Waals surface area contributed by atoms with Crippen LogP contribution in [0.4, 0.5) is 10.3 Å². The molecule has 3 aromatic rings. The Hall–Kier alpha value is -2.87. The van der Waals surface area contributed by atoms with Crippen LogP contribution in [0.15, 0.2) is 41.5 Å². The van der Waals surface area contributed by atoms with Crippen LogP contribution in [0.1, 0.15) is 0 Å². The zero-order valence-corrected chi connectivity index (χ0v) is 11.1. The topological polar surface area (TPSA) is 76.7 Å². The Morgan fingerprint density at radius 2 is 2.10 bits per heavy atom. The summed E-state index contributed by atoms with van der Waals surface area (Å²) in [6.45, 7) is 0. The van der Waals surface area contributed by atoms with Crippen molar-refractivity contribution in [3.05, 3.63) is 42.3 Å². The molecule has 0 fully saturated rings. The summed E-state index contributed by atoms with van der Waals surface area (Å²) in [4.78, 5) is 16.9. The summed E-state index contributed by atoms with van der Waals surface area (Å²) in [6.07, 6.45) is 2.94. The zero-order valence-electron chi connectivity index (χ0n) is 11.1. The molecule has 106 valence electrons. The lowest BCUT2D eigenvalue weighted by Crippen LogP contribution is -2.07. The zero-order chi connectivity index (χ0) is 14.7. The van der Waals surface area contributed by atoms with Gasteiger partial charge < -0.3 is 0 Å². The first kappa shape index (κ1) is 13.1. The molecule has 7 nitrogen and oxygen atoms in total. The Bertz CT molecular complexity index is 783. The predicted molar refractivity (Wildman–Crippen MR) is 74.5 cm³/mol. The Labute approximate surface area is 119 Å². The van der Waals surface area contributed by atoms with Crippen molar-refractivity contribution in [2.75, 3.05) is 7.11 Å². The van der Waals surface area contributed by atoms with Crippen LogP contribution in [0.2, 0.25) is 0 Å². The quantitative estimate of drug-likeness (QED) is 0.449. The molecule has 0 atom stereocenters. The van der Waals surface area contributed by atoms with Crippen LogP contribution in [0.25, 0.3) is 17.0 Å². The van der Waals surface area contributed by atoms with Crippen molar-refractivity contribution < 1.29 is 9.23 Å². The Balaban J connectivity index is 2.05. The van der Waals surface area contributed by atoms with E-state index in [1.165, 1.54) is 25.6 Å². The maximum absolute atomic E-state index is 13.0. The van der Waals surface area contributed by atoms with E-state index in [-0.39, 0.29) is 11.8 Å². The van der Waals surface area contributed by atoms with Crippen molar-refractivity contribution in [3.63, 3.8) is 0 Å². The van der Waals surface area contributed by atoms with Gasteiger partial charge in [0.1, 0.15) is 12.2 Å². The van der Waals surface area contributed by atoms with E-state index in [2.05, 4.69) is 30.4 Å². The van der Waals surface area contributed by atoms with Crippen LogP contribution >= 0.6 is 0 Å². The van der Waals surface area contributed by atoms with E-state index in [1.54, 1.807) is 28.9 Å². The standard InChI is InChI=1S/C13H11FN6O/c1-21-17-8-16-12-18-13-15-7-6-11(20(13)19-12)9-2-4-10(14)5-3-9/h2-8H,1H3,(H,16,17,19). The van der Waals surface area contributed by atoms with E-state index in [4.69, 9.17) is 0 Å². The fourth-order valence-corrected chi connectivity index (χ4v) is 1.81. The van der Waals surface area contributed by atoms with Gasteiger partial charge in [0.2, 0.25) is 0 Å². The van der Waals surface area contributed by atoms with Gasteiger partial charge >= 0.3 is 0 Å². The Morgan fingerprint density at radius 1 is 1.29 bits per heavy atom.